The molecule has 0 aliphatic carbocycles. The molecule has 0 radical (unpaired) electrons. The summed E-state index contributed by atoms with van der Waals surface area (Å²) in [4.78, 5) is 23.2. The van der Waals surface area contributed by atoms with Gasteiger partial charge in [-0.1, -0.05) is 12.1 Å². The fourth-order valence-electron chi connectivity index (χ4n) is 2.42. The number of carbonyl (C=O) groups excluding carboxylic acids is 2. The maximum absolute atomic E-state index is 12.1. The van der Waals surface area contributed by atoms with Crippen LogP contribution in [0.15, 0.2) is 24.3 Å². The second-order valence-electron chi connectivity index (χ2n) is 5.11. The van der Waals surface area contributed by atoms with Gasteiger partial charge in [-0.25, -0.2) is 0 Å². The van der Waals surface area contributed by atoms with E-state index in [-0.39, 0.29) is 17.9 Å². The second kappa shape index (κ2) is 6.52. The molecule has 0 saturated carbocycles. The highest BCUT2D eigenvalue weighted by Crippen LogP contribution is 2.20. The Labute approximate surface area is 118 Å². The normalized spacial score (nSPS) is 22.2. The zero-order valence-electron chi connectivity index (χ0n) is 11.6. The van der Waals surface area contributed by atoms with Gasteiger partial charge >= 0.3 is 0 Å². The predicted octanol–water partition coefficient (Wildman–Crippen LogP) is 1.22. The average Bonchev–Trinajstić information content (AvgIpc) is 2.45. The van der Waals surface area contributed by atoms with Crippen LogP contribution in [-0.4, -0.2) is 24.5 Å². The van der Waals surface area contributed by atoms with Crippen molar-refractivity contribution in [3.8, 4) is 0 Å². The number of nitrogens with two attached hydrogens (primary N) is 1. The minimum Gasteiger partial charge on any atom is -0.378 e. The molecule has 2 amide bonds. The maximum atomic E-state index is 12.1. The van der Waals surface area contributed by atoms with Gasteiger partial charge in [0.1, 0.15) is 0 Å². The first-order valence-electron chi connectivity index (χ1n) is 6.86. The van der Waals surface area contributed by atoms with Gasteiger partial charge in [0.2, 0.25) is 11.8 Å². The molecule has 1 fully saturated rings. The van der Waals surface area contributed by atoms with Gasteiger partial charge in [-0.05, 0) is 37.5 Å². The van der Waals surface area contributed by atoms with Crippen molar-refractivity contribution in [2.24, 2.45) is 11.7 Å². The molecule has 1 aromatic rings. The molecule has 2 unspecified atom stereocenters. The highest BCUT2D eigenvalue weighted by atomic mass is 16.5. The number of rotatable bonds is 4. The van der Waals surface area contributed by atoms with E-state index in [1.54, 1.807) is 18.2 Å². The van der Waals surface area contributed by atoms with Gasteiger partial charge in [0.25, 0.3) is 0 Å². The molecular weight excluding hydrogens is 256 g/mol. The molecule has 1 aliphatic heterocycles. The van der Waals surface area contributed by atoms with E-state index in [4.69, 9.17) is 10.5 Å². The minimum absolute atomic E-state index is 0.00155. The summed E-state index contributed by atoms with van der Waals surface area (Å²) in [5.41, 5.74) is 6.54. The summed E-state index contributed by atoms with van der Waals surface area (Å²) in [6.07, 6.45) is 1.73. The molecule has 1 saturated heterocycles. The number of hydrogen-bond donors (Lipinski definition) is 2. The first-order valence-corrected chi connectivity index (χ1v) is 6.86. The van der Waals surface area contributed by atoms with Crippen molar-refractivity contribution < 1.29 is 14.3 Å². The first-order chi connectivity index (χ1) is 9.58. The van der Waals surface area contributed by atoms with Crippen LogP contribution in [-0.2, 0) is 16.1 Å². The van der Waals surface area contributed by atoms with Crippen LogP contribution in [0, 0.1) is 5.92 Å². The molecule has 5 nitrogen and oxygen atoms in total. The van der Waals surface area contributed by atoms with Crippen LogP contribution in [0.25, 0.3) is 0 Å². The summed E-state index contributed by atoms with van der Waals surface area (Å²) < 4.78 is 5.49. The van der Waals surface area contributed by atoms with Crippen molar-refractivity contribution in [2.75, 3.05) is 6.61 Å². The molecule has 108 valence electrons. The summed E-state index contributed by atoms with van der Waals surface area (Å²) in [7, 11) is 0. The molecule has 1 heterocycles. The monoisotopic (exact) mass is 276 g/mol. The summed E-state index contributed by atoms with van der Waals surface area (Å²) in [5.74, 6) is -0.558. The smallest absolute Gasteiger partial charge is 0.248 e. The molecule has 0 aromatic heterocycles. The third-order valence-corrected chi connectivity index (χ3v) is 3.62. The Hall–Kier alpha value is -1.88. The van der Waals surface area contributed by atoms with Gasteiger partial charge < -0.3 is 15.8 Å². The van der Waals surface area contributed by atoms with E-state index in [0.29, 0.717) is 12.1 Å². The van der Waals surface area contributed by atoms with Gasteiger partial charge in [-0.3, -0.25) is 9.59 Å². The van der Waals surface area contributed by atoms with E-state index in [9.17, 15) is 9.59 Å². The standard InChI is InChI=1S/C15H20N2O3/c1-10-13(6-3-7-20-10)15(19)17-9-11-4-2-5-12(8-11)14(16)18/h2,4-5,8,10,13H,3,6-7,9H2,1H3,(H2,16,18)(H,17,19). The third kappa shape index (κ3) is 3.57. The van der Waals surface area contributed by atoms with E-state index in [1.807, 2.05) is 13.0 Å². The molecule has 1 aliphatic rings. The van der Waals surface area contributed by atoms with Crippen LogP contribution in [0.2, 0.25) is 0 Å². The van der Waals surface area contributed by atoms with Crippen molar-refractivity contribution in [3.63, 3.8) is 0 Å². The van der Waals surface area contributed by atoms with Crippen LogP contribution >= 0.6 is 0 Å². The van der Waals surface area contributed by atoms with Gasteiger partial charge in [0.15, 0.2) is 0 Å². The largest absolute Gasteiger partial charge is 0.378 e. The lowest BCUT2D eigenvalue weighted by Gasteiger charge is -2.28. The Morgan fingerprint density at radius 1 is 1.45 bits per heavy atom. The highest BCUT2D eigenvalue weighted by Gasteiger charge is 2.28. The van der Waals surface area contributed by atoms with E-state index in [2.05, 4.69) is 5.32 Å². The zero-order chi connectivity index (χ0) is 14.5. The van der Waals surface area contributed by atoms with Crippen LogP contribution in [0.4, 0.5) is 0 Å². The fraction of sp³-hybridized carbons (Fsp3) is 0.467. The molecule has 5 heteroatoms. The lowest BCUT2D eigenvalue weighted by Crippen LogP contribution is -2.39. The Kier molecular flexibility index (Phi) is 4.74. The minimum atomic E-state index is -0.465. The van der Waals surface area contributed by atoms with Crippen molar-refractivity contribution in [1.82, 2.24) is 5.32 Å². The molecular formula is C15H20N2O3. The summed E-state index contributed by atoms with van der Waals surface area (Å²) in [6, 6.07) is 6.97. The van der Waals surface area contributed by atoms with Crippen molar-refractivity contribution >= 4 is 11.8 Å². The first kappa shape index (κ1) is 14.5. The molecule has 0 bridgehead atoms. The topological polar surface area (TPSA) is 81.4 Å². The number of nitrogens with one attached hydrogen (secondary N) is 1. The van der Waals surface area contributed by atoms with E-state index in [1.165, 1.54) is 0 Å². The van der Waals surface area contributed by atoms with Gasteiger partial charge in [0, 0.05) is 18.7 Å². The molecule has 0 spiro atoms. The Bertz CT molecular complexity index is 502. The van der Waals surface area contributed by atoms with E-state index >= 15 is 0 Å². The summed E-state index contributed by atoms with van der Waals surface area (Å²) in [6.45, 7) is 3.05. The summed E-state index contributed by atoms with van der Waals surface area (Å²) >= 11 is 0. The number of amides is 2. The predicted molar refractivity (Wildman–Crippen MR) is 74.9 cm³/mol. The van der Waals surface area contributed by atoms with Crippen LogP contribution < -0.4 is 11.1 Å². The molecule has 1 aromatic carbocycles. The lowest BCUT2D eigenvalue weighted by atomic mass is 9.94. The van der Waals surface area contributed by atoms with Crippen molar-refractivity contribution in [3.05, 3.63) is 35.4 Å². The third-order valence-electron chi connectivity index (χ3n) is 3.62. The van der Waals surface area contributed by atoms with Crippen LogP contribution in [0.5, 0.6) is 0 Å². The second-order valence-corrected chi connectivity index (χ2v) is 5.11. The van der Waals surface area contributed by atoms with Crippen LogP contribution in [0.1, 0.15) is 35.7 Å². The number of ether oxygens (including phenoxy) is 1. The Balaban J connectivity index is 1.92. The van der Waals surface area contributed by atoms with Crippen molar-refractivity contribution in [2.45, 2.75) is 32.4 Å². The SMILES string of the molecule is CC1OCCCC1C(=O)NCc1cccc(C(N)=O)c1. The number of hydrogen-bond acceptors (Lipinski definition) is 3. The lowest BCUT2D eigenvalue weighted by molar-refractivity contribution is -0.133. The zero-order valence-corrected chi connectivity index (χ0v) is 11.6. The summed E-state index contributed by atoms with van der Waals surface area (Å²) in [5, 5.41) is 2.89. The fourth-order valence-corrected chi connectivity index (χ4v) is 2.42. The molecule has 2 rings (SSSR count). The number of carbonyl (C=O) groups is 2. The van der Waals surface area contributed by atoms with Gasteiger partial charge in [-0.15, -0.1) is 0 Å². The Morgan fingerprint density at radius 3 is 2.95 bits per heavy atom. The molecule has 3 N–H and O–H groups in total. The van der Waals surface area contributed by atoms with Gasteiger partial charge in [0.05, 0.1) is 12.0 Å². The van der Waals surface area contributed by atoms with Crippen LogP contribution in [0.3, 0.4) is 0 Å². The highest BCUT2D eigenvalue weighted by molar-refractivity contribution is 5.92. The quantitative estimate of drug-likeness (QED) is 0.867. The van der Waals surface area contributed by atoms with Gasteiger partial charge in [-0.2, -0.15) is 0 Å². The Morgan fingerprint density at radius 2 is 2.25 bits per heavy atom. The average molecular weight is 276 g/mol. The maximum Gasteiger partial charge on any atom is 0.248 e. The molecule has 2 atom stereocenters. The van der Waals surface area contributed by atoms with E-state index in [0.717, 1.165) is 25.0 Å². The number of primary amides is 1. The van der Waals surface area contributed by atoms with E-state index < -0.39 is 5.91 Å². The van der Waals surface area contributed by atoms with Crippen molar-refractivity contribution in [1.29, 1.82) is 0 Å². The number of benzene rings is 1. The molecule has 20 heavy (non-hydrogen) atoms.